The Kier molecular flexibility index (Phi) is 5.68. The molecule has 1 aromatic rings. The Bertz CT molecular complexity index is 386. The van der Waals surface area contributed by atoms with Crippen LogP contribution in [-0.2, 0) is 6.54 Å². The lowest BCUT2D eigenvalue weighted by Crippen LogP contribution is -2.39. The van der Waals surface area contributed by atoms with Crippen molar-refractivity contribution in [1.82, 2.24) is 10.2 Å². The number of nitrogens with zero attached hydrogens (tertiary/aromatic N) is 1. The molecule has 0 bridgehead atoms. The third-order valence-corrected chi connectivity index (χ3v) is 4.19. The summed E-state index contributed by atoms with van der Waals surface area (Å²) in [6.45, 7) is 9.12. The van der Waals surface area contributed by atoms with E-state index in [4.69, 9.17) is 11.6 Å². The molecule has 1 fully saturated rings. The highest BCUT2D eigenvalue weighted by Crippen LogP contribution is 2.18. The molecule has 106 valence electrons. The summed E-state index contributed by atoms with van der Waals surface area (Å²) in [5, 5.41) is 4.27. The van der Waals surface area contributed by atoms with Crippen molar-refractivity contribution < 1.29 is 0 Å². The van der Waals surface area contributed by atoms with E-state index in [2.05, 4.69) is 36.2 Å². The molecule has 0 saturated carbocycles. The van der Waals surface area contributed by atoms with Crippen LogP contribution in [-0.4, -0.2) is 30.6 Å². The summed E-state index contributed by atoms with van der Waals surface area (Å²) in [6, 6.07) is 8.82. The van der Waals surface area contributed by atoms with Crippen LogP contribution in [0.15, 0.2) is 24.3 Å². The van der Waals surface area contributed by atoms with Gasteiger partial charge in [-0.3, -0.25) is 4.90 Å². The molecule has 0 aromatic heterocycles. The molecule has 1 aliphatic heterocycles. The number of halogens is 1. The average molecular weight is 281 g/mol. The number of hydrogen-bond acceptors (Lipinski definition) is 2. The Morgan fingerprint density at radius 2 is 2.05 bits per heavy atom. The van der Waals surface area contributed by atoms with Crippen LogP contribution in [0.2, 0.25) is 5.02 Å². The number of nitrogens with one attached hydrogen (secondary N) is 1. The fourth-order valence-corrected chi connectivity index (χ4v) is 2.94. The van der Waals surface area contributed by atoms with Crippen LogP contribution in [0.1, 0.15) is 32.3 Å². The third kappa shape index (κ3) is 4.79. The monoisotopic (exact) mass is 280 g/mol. The largest absolute Gasteiger partial charge is 0.317 e. The van der Waals surface area contributed by atoms with Crippen molar-refractivity contribution in [3.8, 4) is 0 Å². The molecule has 0 unspecified atom stereocenters. The van der Waals surface area contributed by atoms with Crippen molar-refractivity contribution in [2.45, 2.75) is 39.3 Å². The van der Waals surface area contributed by atoms with Crippen LogP contribution in [0.3, 0.4) is 0 Å². The van der Waals surface area contributed by atoms with Crippen LogP contribution >= 0.6 is 11.6 Å². The van der Waals surface area contributed by atoms with E-state index in [0.717, 1.165) is 17.5 Å². The number of rotatable bonds is 5. The predicted molar refractivity (Wildman–Crippen MR) is 82.6 cm³/mol. The van der Waals surface area contributed by atoms with Crippen molar-refractivity contribution in [1.29, 1.82) is 0 Å². The second-order valence-corrected chi connectivity index (χ2v) is 6.28. The average Bonchev–Trinajstić information content (AvgIpc) is 2.39. The highest BCUT2D eigenvalue weighted by Gasteiger charge is 2.19. The van der Waals surface area contributed by atoms with Crippen LogP contribution in [0.25, 0.3) is 0 Å². The maximum Gasteiger partial charge on any atom is 0.0409 e. The molecule has 1 N–H and O–H groups in total. The standard InChI is InChI=1S/C16H25ClN2/c1-13(2)19(11-14-6-8-18-9-7-14)12-15-4-3-5-16(17)10-15/h3-5,10,13-14,18H,6-9,11-12H2,1-2H3. The molecule has 1 saturated heterocycles. The molecule has 1 aromatic carbocycles. The molecule has 2 rings (SSSR count). The van der Waals surface area contributed by atoms with Crippen LogP contribution in [0, 0.1) is 5.92 Å². The summed E-state index contributed by atoms with van der Waals surface area (Å²) in [7, 11) is 0. The summed E-state index contributed by atoms with van der Waals surface area (Å²) in [5.41, 5.74) is 1.31. The van der Waals surface area contributed by atoms with Crippen LogP contribution < -0.4 is 5.32 Å². The normalized spacial score (nSPS) is 17.3. The van der Waals surface area contributed by atoms with Crippen molar-refractivity contribution in [3.05, 3.63) is 34.9 Å². The first-order chi connectivity index (χ1) is 9.15. The summed E-state index contributed by atoms with van der Waals surface area (Å²) < 4.78 is 0. The molecule has 0 aliphatic carbocycles. The molecule has 0 radical (unpaired) electrons. The van der Waals surface area contributed by atoms with Gasteiger partial charge in [0.05, 0.1) is 0 Å². The van der Waals surface area contributed by atoms with Crippen molar-refractivity contribution in [2.75, 3.05) is 19.6 Å². The molecular formula is C16H25ClN2. The Labute approximate surface area is 122 Å². The maximum atomic E-state index is 6.07. The SMILES string of the molecule is CC(C)N(Cc1cccc(Cl)c1)CC1CCNCC1. The lowest BCUT2D eigenvalue weighted by Gasteiger charge is -2.32. The van der Waals surface area contributed by atoms with E-state index in [1.165, 1.54) is 38.0 Å². The van der Waals surface area contributed by atoms with Gasteiger partial charge in [-0.1, -0.05) is 23.7 Å². The molecule has 1 heterocycles. The summed E-state index contributed by atoms with van der Waals surface area (Å²) in [5.74, 6) is 0.836. The van der Waals surface area contributed by atoms with Gasteiger partial charge in [0.1, 0.15) is 0 Å². The zero-order valence-corrected chi connectivity index (χ0v) is 12.8. The molecule has 19 heavy (non-hydrogen) atoms. The zero-order chi connectivity index (χ0) is 13.7. The highest BCUT2D eigenvalue weighted by molar-refractivity contribution is 6.30. The van der Waals surface area contributed by atoms with Gasteiger partial charge in [-0.25, -0.2) is 0 Å². The highest BCUT2D eigenvalue weighted by atomic mass is 35.5. The molecule has 3 heteroatoms. The second kappa shape index (κ2) is 7.28. The van der Waals surface area contributed by atoms with E-state index >= 15 is 0 Å². The van der Waals surface area contributed by atoms with E-state index in [1.54, 1.807) is 0 Å². The number of benzene rings is 1. The third-order valence-electron chi connectivity index (χ3n) is 3.96. The first-order valence-corrected chi connectivity index (χ1v) is 7.72. The number of piperidine rings is 1. The minimum atomic E-state index is 0.578. The lowest BCUT2D eigenvalue weighted by molar-refractivity contribution is 0.162. The van der Waals surface area contributed by atoms with E-state index in [9.17, 15) is 0 Å². The number of hydrogen-bond donors (Lipinski definition) is 1. The van der Waals surface area contributed by atoms with Gasteiger partial charge in [0.15, 0.2) is 0 Å². The quantitative estimate of drug-likeness (QED) is 0.887. The first-order valence-electron chi connectivity index (χ1n) is 7.34. The van der Waals surface area contributed by atoms with Gasteiger partial charge in [0, 0.05) is 24.2 Å². The van der Waals surface area contributed by atoms with Gasteiger partial charge in [-0.05, 0) is 63.4 Å². The van der Waals surface area contributed by atoms with Crippen LogP contribution in [0.4, 0.5) is 0 Å². The van der Waals surface area contributed by atoms with E-state index in [1.807, 2.05) is 12.1 Å². The molecule has 2 nitrogen and oxygen atoms in total. The van der Waals surface area contributed by atoms with E-state index in [-0.39, 0.29) is 0 Å². The van der Waals surface area contributed by atoms with Crippen molar-refractivity contribution in [3.63, 3.8) is 0 Å². The van der Waals surface area contributed by atoms with Gasteiger partial charge in [-0.15, -0.1) is 0 Å². The van der Waals surface area contributed by atoms with E-state index < -0.39 is 0 Å². The van der Waals surface area contributed by atoms with Crippen molar-refractivity contribution >= 4 is 11.6 Å². The smallest absolute Gasteiger partial charge is 0.0409 e. The Morgan fingerprint density at radius 3 is 2.68 bits per heavy atom. The van der Waals surface area contributed by atoms with Crippen LogP contribution in [0.5, 0.6) is 0 Å². The summed E-state index contributed by atoms with van der Waals surface area (Å²) in [4.78, 5) is 2.57. The Hall–Kier alpha value is -0.570. The minimum absolute atomic E-state index is 0.578. The van der Waals surface area contributed by atoms with Gasteiger partial charge < -0.3 is 5.32 Å². The molecule has 0 spiro atoms. The van der Waals surface area contributed by atoms with Gasteiger partial charge >= 0.3 is 0 Å². The van der Waals surface area contributed by atoms with Gasteiger partial charge in [0.2, 0.25) is 0 Å². The second-order valence-electron chi connectivity index (χ2n) is 5.85. The first kappa shape index (κ1) is 14.8. The maximum absolute atomic E-state index is 6.07. The summed E-state index contributed by atoms with van der Waals surface area (Å²) >= 11 is 6.07. The van der Waals surface area contributed by atoms with Gasteiger partial charge in [0.25, 0.3) is 0 Å². The molecule has 1 aliphatic rings. The minimum Gasteiger partial charge on any atom is -0.317 e. The topological polar surface area (TPSA) is 15.3 Å². The Morgan fingerprint density at radius 1 is 1.32 bits per heavy atom. The fraction of sp³-hybridized carbons (Fsp3) is 0.625. The molecule has 0 amide bonds. The Balaban J connectivity index is 1.95. The molecule has 0 atom stereocenters. The predicted octanol–water partition coefficient (Wildman–Crippen LogP) is 3.55. The fourth-order valence-electron chi connectivity index (χ4n) is 2.72. The molecular weight excluding hydrogens is 256 g/mol. The summed E-state index contributed by atoms with van der Waals surface area (Å²) in [6.07, 6.45) is 2.61. The van der Waals surface area contributed by atoms with E-state index in [0.29, 0.717) is 6.04 Å². The van der Waals surface area contributed by atoms with Gasteiger partial charge in [-0.2, -0.15) is 0 Å². The zero-order valence-electron chi connectivity index (χ0n) is 12.0. The van der Waals surface area contributed by atoms with Crippen molar-refractivity contribution in [2.24, 2.45) is 5.92 Å². The lowest BCUT2D eigenvalue weighted by atomic mass is 9.97.